The Morgan fingerprint density at radius 1 is 1.08 bits per heavy atom. The molecule has 0 spiro atoms. The second kappa shape index (κ2) is 8.24. The van der Waals surface area contributed by atoms with Crippen molar-refractivity contribution in [2.24, 2.45) is 5.73 Å². The Bertz CT molecular complexity index is 707. The van der Waals surface area contributed by atoms with Gasteiger partial charge in [0.15, 0.2) is 0 Å². The van der Waals surface area contributed by atoms with Crippen molar-refractivity contribution in [3.05, 3.63) is 41.6 Å². The number of benzene rings is 1. The lowest BCUT2D eigenvalue weighted by Gasteiger charge is -2.23. The first-order chi connectivity index (χ1) is 12.0. The summed E-state index contributed by atoms with van der Waals surface area (Å²) >= 11 is 0. The number of aromatic nitrogens is 1. The quantitative estimate of drug-likeness (QED) is 0.752. The van der Waals surface area contributed by atoms with Crippen LogP contribution >= 0.6 is 0 Å². The van der Waals surface area contributed by atoms with Gasteiger partial charge in [0.2, 0.25) is 0 Å². The first-order valence-electron chi connectivity index (χ1n) is 9.35. The molecule has 4 nitrogen and oxygen atoms in total. The predicted molar refractivity (Wildman–Crippen MR) is 106 cm³/mol. The van der Waals surface area contributed by atoms with Crippen molar-refractivity contribution < 1.29 is 4.79 Å². The van der Waals surface area contributed by atoms with E-state index in [1.807, 2.05) is 13.0 Å². The normalized spacial score (nSPS) is 11.1. The number of hydrogen-bond acceptors (Lipinski definition) is 2. The highest BCUT2D eigenvalue weighted by Gasteiger charge is 2.20. The number of carbonyl (C=O) groups excluding carboxylic acids is 1. The number of primary amides is 1. The number of amides is 1. The van der Waals surface area contributed by atoms with Gasteiger partial charge in [-0.2, -0.15) is 0 Å². The first kappa shape index (κ1) is 19.1. The van der Waals surface area contributed by atoms with Crippen LogP contribution in [0, 0.1) is 6.92 Å². The zero-order valence-electron chi connectivity index (χ0n) is 16.2. The Morgan fingerprint density at radius 2 is 1.64 bits per heavy atom. The lowest BCUT2D eigenvalue weighted by molar-refractivity contribution is 0.0999. The molecular weight excluding hydrogens is 310 g/mol. The maximum Gasteiger partial charge on any atom is 0.250 e. The van der Waals surface area contributed by atoms with Gasteiger partial charge in [-0.3, -0.25) is 4.79 Å². The van der Waals surface area contributed by atoms with Gasteiger partial charge in [0.05, 0.1) is 5.56 Å². The monoisotopic (exact) mass is 341 g/mol. The van der Waals surface area contributed by atoms with Gasteiger partial charge in [0, 0.05) is 36.2 Å². The Balaban J connectivity index is 2.54. The van der Waals surface area contributed by atoms with Crippen LogP contribution in [0.25, 0.3) is 11.3 Å². The van der Waals surface area contributed by atoms with Crippen molar-refractivity contribution in [3.63, 3.8) is 0 Å². The van der Waals surface area contributed by atoms with Crippen LogP contribution in [0.3, 0.4) is 0 Å². The molecule has 0 aliphatic heterocycles. The fourth-order valence-corrected chi connectivity index (χ4v) is 3.65. The summed E-state index contributed by atoms with van der Waals surface area (Å²) < 4.78 is 2.28. The summed E-state index contributed by atoms with van der Waals surface area (Å²) in [5, 5.41) is 0. The smallest absolute Gasteiger partial charge is 0.250 e. The van der Waals surface area contributed by atoms with Gasteiger partial charge in [-0.15, -0.1) is 0 Å². The number of rotatable bonds is 8. The van der Waals surface area contributed by atoms with E-state index >= 15 is 0 Å². The molecule has 0 fully saturated rings. The number of anilines is 1. The molecule has 0 unspecified atom stereocenters. The van der Waals surface area contributed by atoms with Crippen molar-refractivity contribution >= 4 is 11.6 Å². The molecule has 1 heterocycles. The van der Waals surface area contributed by atoms with E-state index in [9.17, 15) is 4.79 Å². The fourth-order valence-electron chi connectivity index (χ4n) is 3.65. The van der Waals surface area contributed by atoms with Gasteiger partial charge >= 0.3 is 0 Å². The topological polar surface area (TPSA) is 51.3 Å². The molecule has 2 aromatic rings. The average molecular weight is 341 g/mol. The van der Waals surface area contributed by atoms with Gasteiger partial charge in [-0.05, 0) is 57.4 Å². The minimum atomic E-state index is -0.358. The van der Waals surface area contributed by atoms with Crippen LogP contribution in [0.5, 0.6) is 0 Å². The molecule has 1 aromatic heterocycles. The molecule has 0 saturated heterocycles. The van der Waals surface area contributed by atoms with E-state index in [2.05, 4.69) is 61.4 Å². The highest BCUT2D eigenvalue weighted by Crippen LogP contribution is 2.32. The largest absolute Gasteiger partial charge is 0.372 e. The van der Waals surface area contributed by atoms with E-state index in [4.69, 9.17) is 5.73 Å². The number of carbonyl (C=O) groups is 1. The van der Waals surface area contributed by atoms with Crippen molar-refractivity contribution in [2.45, 2.75) is 53.5 Å². The highest BCUT2D eigenvalue weighted by atomic mass is 16.1. The molecule has 25 heavy (non-hydrogen) atoms. The number of nitrogens with two attached hydrogens (primary N) is 1. The minimum Gasteiger partial charge on any atom is -0.372 e. The Labute approximate surface area is 151 Å². The third kappa shape index (κ3) is 3.73. The molecule has 2 rings (SSSR count). The van der Waals surface area contributed by atoms with E-state index in [1.165, 1.54) is 5.69 Å². The summed E-state index contributed by atoms with van der Waals surface area (Å²) in [6, 6.07) is 10.9. The zero-order chi connectivity index (χ0) is 18.6. The van der Waals surface area contributed by atoms with Gasteiger partial charge in [0.1, 0.15) is 0 Å². The molecule has 136 valence electrons. The molecule has 2 N–H and O–H groups in total. The van der Waals surface area contributed by atoms with Crippen LogP contribution in [0.15, 0.2) is 30.3 Å². The van der Waals surface area contributed by atoms with Crippen LogP contribution in [-0.4, -0.2) is 23.6 Å². The second-order valence-electron chi connectivity index (χ2n) is 6.45. The maximum absolute atomic E-state index is 11.8. The molecule has 1 amide bonds. The summed E-state index contributed by atoms with van der Waals surface area (Å²) in [7, 11) is 0. The Morgan fingerprint density at radius 3 is 2.08 bits per heavy atom. The summed E-state index contributed by atoms with van der Waals surface area (Å²) in [6.45, 7) is 12.7. The van der Waals surface area contributed by atoms with Gasteiger partial charge in [-0.25, -0.2) is 0 Å². The van der Waals surface area contributed by atoms with E-state index in [0.717, 1.165) is 42.9 Å². The average Bonchev–Trinajstić information content (AvgIpc) is 2.96. The van der Waals surface area contributed by atoms with Crippen LogP contribution in [0.1, 0.15) is 62.6 Å². The first-order valence-corrected chi connectivity index (χ1v) is 9.35. The molecular formula is C21H31N3O. The molecule has 1 aromatic carbocycles. The van der Waals surface area contributed by atoms with E-state index in [1.54, 1.807) is 0 Å². The molecule has 0 aliphatic carbocycles. The van der Waals surface area contributed by atoms with E-state index in [-0.39, 0.29) is 5.91 Å². The third-order valence-electron chi connectivity index (χ3n) is 5.16. The van der Waals surface area contributed by atoms with Crippen LogP contribution < -0.4 is 10.6 Å². The van der Waals surface area contributed by atoms with Gasteiger partial charge < -0.3 is 15.2 Å². The van der Waals surface area contributed by atoms with Crippen LogP contribution in [0.4, 0.5) is 5.69 Å². The van der Waals surface area contributed by atoms with Crippen molar-refractivity contribution in [2.75, 3.05) is 18.0 Å². The van der Waals surface area contributed by atoms with Gasteiger partial charge in [-0.1, -0.05) is 26.0 Å². The Hall–Kier alpha value is -2.23. The SMILES string of the molecule is CCC(CC)n1c(-c2ccc(N(CC)CC)cc2)cc(C(N)=O)c1C. The fraction of sp³-hybridized carbons (Fsp3) is 0.476. The maximum atomic E-state index is 11.8. The lowest BCUT2D eigenvalue weighted by atomic mass is 10.1. The van der Waals surface area contributed by atoms with Crippen LogP contribution in [-0.2, 0) is 0 Å². The summed E-state index contributed by atoms with van der Waals surface area (Å²) in [5.74, 6) is -0.358. The summed E-state index contributed by atoms with van der Waals surface area (Å²) in [5.41, 5.74) is 10.6. The van der Waals surface area contributed by atoms with Crippen molar-refractivity contribution in [1.82, 2.24) is 4.57 Å². The zero-order valence-corrected chi connectivity index (χ0v) is 16.2. The van der Waals surface area contributed by atoms with E-state index in [0.29, 0.717) is 11.6 Å². The highest BCUT2D eigenvalue weighted by molar-refractivity contribution is 5.95. The number of nitrogens with zero attached hydrogens (tertiary/aromatic N) is 2. The third-order valence-corrected chi connectivity index (χ3v) is 5.16. The van der Waals surface area contributed by atoms with Crippen molar-refractivity contribution in [1.29, 1.82) is 0 Å². The van der Waals surface area contributed by atoms with Crippen molar-refractivity contribution in [3.8, 4) is 11.3 Å². The lowest BCUT2D eigenvalue weighted by Crippen LogP contribution is -2.21. The summed E-state index contributed by atoms with van der Waals surface area (Å²) in [4.78, 5) is 14.2. The number of hydrogen-bond donors (Lipinski definition) is 1. The molecule has 0 saturated carbocycles. The minimum absolute atomic E-state index is 0.358. The molecule has 0 radical (unpaired) electrons. The molecule has 0 bridgehead atoms. The molecule has 4 heteroatoms. The standard InChI is InChI=1S/C21H31N3O/c1-6-17(7-2)24-15(5)19(21(22)25)14-20(24)16-10-12-18(13-11-16)23(8-3)9-4/h10-14,17H,6-9H2,1-5H3,(H2,22,25). The predicted octanol–water partition coefficient (Wildman–Crippen LogP) is 4.77. The van der Waals surface area contributed by atoms with Crippen LogP contribution in [0.2, 0.25) is 0 Å². The van der Waals surface area contributed by atoms with Gasteiger partial charge in [0.25, 0.3) is 5.91 Å². The summed E-state index contributed by atoms with van der Waals surface area (Å²) in [6.07, 6.45) is 2.05. The Kier molecular flexibility index (Phi) is 6.29. The second-order valence-corrected chi connectivity index (χ2v) is 6.45. The molecule has 0 atom stereocenters. The molecule has 0 aliphatic rings. The van der Waals surface area contributed by atoms with E-state index < -0.39 is 0 Å².